The van der Waals surface area contributed by atoms with Gasteiger partial charge in [-0.15, -0.1) is 0 Å². The molecule has 0 fully saturated rings. The largest absolute Gasteiger partial charge is 1.00 e. The molecule has 0 aliphatic rings. The van der Waals surface area contributed by atoms with Crippen LogP contribution in [-0.4, -0.2) is 32.7 Å². The molecular formula is C6H13KO3. The molecule has 0 heterocycles. The third-order valence-electron chi connectivity index (χ3n) is 0.762. The van der Waals surface area contributed by atoms with Gasteiger partial charge in [0.1, 0.15) is 12.9 Å². The van der Waals surface area contributed by atoms with Crippen LogP contribution in [0.15, 0.2) is 0 Å². The van der Waals surface area contributed by atoms with Gasteiger partial charge in [-0.2, -0.15) is 0 Å². The van der Waals surface area contributed by atoms with Crippen LogP contribution in [0.3, 0.4) is 0 Å². The van der Waals surface area contributed by atoms with Crippen LogP contribution in [-0.2, 0) is 14.3 Å². The summed E-state index contributed by atoms with van der Waals surface area (Å²) in [6.45, 7) is 3.87. The van der Waals surface area contributed by atoms with Gasteiger partial charge in [0, 0.05) is 6.61 Å². The maximum atomic E-state index is 9.67. The van der Waals surface area contributed by atoms with Gasteiger partial charge >= 0.3 is 51.4 Å². The Kier molecular flexibility index (Phi) is 17.7. The van der Waals surface area contributed by atoms with E-state index >= 15 is 0 Å². The van der Waals surface area contributed by atoms with Gasteiger partial charge in [-0.05, 0) is 6.92 Å². The number of carbonyl (C=O) groups excluding carboxylic acids is 1. The minimum atomic E-state index is 0. The maximum Gasteiger partial charge on any atom is 1.00 e. The molecule has 0 rings (SSSR count). The topological polar surface area (TPSA) is 35.5 Å². The molecule has 10 heavy (non-hydrogen) atoms. The molecule has 0 aromatic rings. The molecule has 0 atom stereocenters. The van der Waals surface area contributed by atoms with Crippen LogP contribution in [0, 0.1) is 0 Å². The fourth-order valence-corrected chi connectivity index (χ4v) is 0.394. The smallest absolute Gasteiger partial charge is 1.00 e. The van der Waals surface area contributed by atoms with Crippen LogP contribution in [0.4, 0.5) is 0 Å². The molecule has 0 bridgehead atoms. The van der Waals surface area contributed by atoms with Crippen molar-refractivity contribution < 1.29 is 67.1 Å². The Hall–Kier alpha value is 1.23. The predicted octanol–water partition coefficient (Wildman–Crippen LogP) is -2.65. The first kappa shape index (κ1) is 13.8. The number of hydrogen-bond donors (Lipinski definition) is 0. The summed E-state index contributed by atoms with van der Waals surface area (Å²) < 4.78 is 9.73. The van der Waals surface area contributed by atoms with Crippen molar-refractivity contribution in [2.24, 2.45) is 0 Å². The molecule has 0 spiro atoms. The number of rotatable bonds is 6. The first-order chi connectivity index (χ1) is 4.41. The summed E-state index contributed by atoms with van der Waals surface area (Å²) in [5.74, 6) is 0. The Bertz CT molecular complexity index is 72.8. The Labute approximate surface area is 105 Å². The zero-order valence-electron chi connectivity index (χ0n) is 7.63. The molecular weight excluding hydrogens is 159 g/mol. The van der Waals surface area contributed by atoms with Gasteiger partial charge in [-0.3, -0.25) is 0 Å². The van der Waals surface area contributed by atoms with E-state index in [9.17, 15) is 4.79 Å². The molecule has 56 valence electrons. The van der Waals surface area contributed by atoms with Crippen LogP contribution < -0.4 is 51.4 Å². The quantitative estimate of drug-likeness (QED) is 0.249. The molecule has 0 aliphatic carbocycles. The van der Waals surface area contributed by atoms with Crippen LogP contribution in [0.25, 0.3) is 0 Å². The number of ether oxygens (including phenoxy) is 2. The van der Waals surface area contributed by atoms with E-state index in [-0.39, 0.29) is 59.4 Å². The fraction of sp³-hybridized carbons (Fsp3) is 0.833. The van der Waals surface area contributed by atoms with Crippen LogP contribution in [0.2, 0.25) is 0 Å². The van der Waals surface area contributed by atoms with Crippen molar-refractivity contribution in [3.05, 3.63) is 0 Å². The van der Waals surface area contributed by atoms with E-state index in [2.05, 4.69) is 0 Å². The van der Waals surface area contributed by atoms with Crippen LogP contribution in [0.5, 0.6) is 0 Å². The Morgan fingerprint density at radius 2 is 2.00 bits per heavy atom. The minimum absolute atomic E-state index is 0. The zero-order valence-corrected chi connectivity index (χ0v) is 9.75. The third-order valence-corrected chi connectivity index (χ3v) is 0.762. The summed E-state index contributed by atoms with van der Waals surface area (Å²) in [7, 11) is 0. The van der Waals surface area contributed by atoms with E-state index in [4.69, 9.17) is 9.47 Å². The Morgan fingerprint density at radius 3 is 2.50 bits per heavy atom. The summed E-state index contributed by atoms with van der Waals surface area (Å²) >= 11 is 0. The van der Waals surface area contributed by atoms with E-state index < -0.39 is 0 Å². The van der Waals surface area contributed by atoms with Crippen molar-refractivity contribution in [3.63, 3.8) is 0 Å². The van der Waals surface area contributed by atoms with Crippen molar-refractivity contribution >= 4 is 6.29 Å². The molecule has 3 nitrogen and oxygen atoms in total. The number of hydrogen-bond acceptors (Lipinski definition) is 3. The predicted molar refractivity (Wildman–Crippen MR) is 34.5 cm³/mol. The summed E-state index contributed by atoms with van der Waals surface area (Å²) in [6.07, 6.45) is 0.728. The van der Waals surface area contributed by atoms with Gasteiger partial charge in [0.15, 0.2) is 0 Å². The van der Waals surface area contributed by atoms with Crippen molar-refractivity contribution in [2.75, 3.05) is 26.4 Å². The minimum Gasteiger partial charge on any atom is -1.00 e. The van der Waals surface area contributed by atoms with Crippen molar-refractivity contribution in [3.8, 4) is 0 Å². The molecule has 0 N–H and O–H groups in total. The van der Waals surface area contributed by atoms with E-state index in [1.807, 2.05) is 6.92 Å². The molecule has 0 aromatic carbocycles. The monoisotopic (exact) mass is 172 g/mol. The van der Waals surface area contributed by atoms with Gasteiger partial charge in [-0.1, -0.05) is 0 Å². The average molecular weight is 172 g/mol. The van der Waals surface area contributed by atoms with Gasteiger partial charge in [0.25, 0.3) is 0 Å². The molecule has 0 amide bonds. The van der Waals surface area contributed by atoms with Crippen molar-refractivity contribution in [1.82, 2.24) is 0 Å². The zero-order chi connectivity index (χ0) is 6.95. The Balaban J connectivity index is -0.000000320. The fourth-order valence-electron chi connectivity index (χ4n) is 0.394. The molecule has 0 aromatic heterocycles. The maximum absolute atomic E-state index is 9.67. The second-order valence-corrected chi connectivity index (χ2v) is 1.44. The SMILES string of the molecule is CCOCCOCC=O.[H-].[K+]. The Morgan fingerprint density at radius 1 is 1.40 bits per heavy atom. The summed E-state index contributed by atoms with van der Waals surface area (Å²) in [4.78, 5) is 9.67. The summed E-state index contributed by atoms with van der Waals surface area (Å²) in [5, 5.41) is 0. The van der Waals surface area contributed by atoms with Gasteiger partial charge in [-0.25, -0.2) is 0 Å². The number of aldehydes is 1. The van der Waals surface area contributed by atoms with Crippen molar-refractivity contribution in [2.45, 2.75) is 6.92 Å². The normalized spacial score (nSPS) is 8.50. The van der Waals surface area contributed by atoms with Crippen LogP contribution in [0.1, 0.15) is 8.35 Å². The standard InChI is InChI=1S/C6H12O3.K.H/c1-2-8-5-6-9-4-3-7;;/h3H,2,4-6H2,1H3;;/q;+1;-1. The van der Waals surface area contributed by atoms with E-state index in [0.29, 0.717) is 19.8 Å². The molecule has 0 aliphatic heterocycles. The first-order valence-corrected chi connectivity index (χ1v) is 3.01. The van der Waals surface area contributed by atoms with Gasteiger partial charge in [0.05, 0.1) is 13.2 Å². The molecule has 0 unspecified atom stereocenters. The molecule has 0 radical (unpaired) electrons. The van der Waals surface area contributed by atoms with Gasteiger partial charge in [0.2, 0.25) is 0 Å². The van der Waals surface area contributed by atoms with E-state index in [0.717, 1.165) is 6.29 Å². The molecule has 0 saturated carbocycles. The summed E-state index contributed by atoms with van der Waals surface area (Å²) in [6, 6.07) is 0. The second-order valence-electron chi connectivity index (χ2n) is 1.44. The number of carbonyl (C=O) groups is 1. The van der Waals surface area contributed by atoms with E-state index in [1.165, 1.54) is 0 Å². The second kappa shape index (κ2) is 12.9. The van der Waals surface area contributed by atoms with Crippen molar-refractivity contribution in [1.29, 1.82) is 0 Å². The third kappa shape index (κ3) is 12.0. The van der Waals surface area contributed by atoms with E-state index in [1.54, 1.807) is 0 Å². The van der Waals surface area contributed by atoms with Crippen LogP contribution >= 0.6 is 0 Å². The van der Waals surface area contributed by atoms with Gasteiger partial charge < -0.3 is 15.7 Å². The summed E-state index contributed by atoms with van der Waals surface area (Å²) in [5.41, 5.74) is 0. The first-order valence-electron chi connectivity index (χ1n) is 3.01. The molecule has 4 heteroatoms. The average Bonchev–Trinajstić information content (AvgIpc) is 1.89. The molecule has 0 saturated heterocycles.